The zero-order valence-electron chi connectivity index (χ0n) is 16.9. The number of fused-ring (bicyclic) bond motifs is 5. The number of nitrogens with zero attached hydrogens (tertiary/aromatic N) is 3. The number of nitrogens with one attached hydrogen (secondary N) is 1. The fourth-order valence-electron chi connectivity index (χ4n) is 4.92. The van der Waals surface area contributed by atoms with E-state index in [0.717, 1.165) is 11.4 Å². The number of furan rings is 1. The van der Waals surface area contributed by atoms with Crippen molar-refractivity contribution in [3.63, 3.8) is 0 Å². The molecule has 0 spiro atoms. The quantitative estimate of drug-likeness (QED) is 0.472. The second kappa shape index (κ2) is 7.67. The number of halogens is 1. The van der Waals surface area contributed by atoms with E-state index in [-0.39, 0.29) is 53.7 Å². The van der Waals surface area contributed by atoms with Gasteiger partial charge in [-0.1, -0.05) is 37.3 Å². The van der Waals surface area contributed by atoms with Gasteiger partial charge in [0.15, 0.2) is 4.67 Å². The van der Waals surface area contributed by atoms with E-state index in [1.807, 2.05) is 26.0 Å². The summed E-state index contributed by atoms with van der Waals surface area (Å²) in [6.45, 7) is 4.00. The Bertz CT molecular complexity index is 1060. The predicted molar refractivity (Wildman–Crippen MR) is 116 cm³/mol. The highest BCUT2D eigenvalue weighted by Gasteiger charge is 2.60. The van der Waals surface area contributed by atoms with Gasteiger partial charge in [-0.05, 0) is 46.3 Å². The minimum Gasteiger partial charge on any atom is -0.452 e. The lowest BCUT2D eigenvalue weighted by molar-refractivity contribution is -0.144. The molecule has 8 nitrogen and oxygen atoms in total. The summed E-state index contributed by atoms with van der Waals surface area (Å²) in [5.41, 5.74) is 0. The molecule has 5 rings (SSSR count). The van der Waals surface area contributed by atoms with Gasteiger partial charge in [0.25, 0.3) is 0 Å². The van der Waals surface area contributed by atoms with Crippen molar-refractivity contribution in [3.05, 3.63) is 39.7 Å². The molecule has 3 heterocycles. The van der Waals surface area contributed by atoms with Crippen molar-refractivity contribution in [2.24, 2.45) is 23.7 Å². The van der Waals surface area contributed by atoms with E-state index in [2.05, 4.69) is 31.4 Å². The number of likely N-dealkylation sites (tertiary alicyclic amines) is 1. The molecule has 0 aromatic carbocycles. The molecule has 2 bridgehead atoms. The maximum atomic E-state index is 13.3. The summed E-state index contributed by atoms with van der Waals surface area (Å²) in [4.78, 5) is 40.7. The third-order valence-corrected chi connectivity index (χ3v) is 7.86. The van der Waals surface area contributed by atoms with Crippen molar-refractivity contribution in [3.8, 4) is 0 Å². The smallest absolute Gasteiger partial charge is 0.234 e. The van der Waals surface area contributed by atoms with E-state index in [9.17, 15) is 14.4 Å². The Morgan fingerprint density at radius 1 is 1.23 bits per heavy atom. The Balaban J connectivity index is 1.40. The van der Waals surface area contributed by atoms with Gasteiger partial charge >= 0.3 is 0 Å². The molecule has 31 heavy (non-hydrogen) atoms. The van der Waals surface area contributed by atoms with Crippen LogP contribution in [0.5, 0.6) is 0 Å². The van der Waals surface area contributed by atoms with Crippen molar-refractivity contribution in [1.82, 2.24) is 15.1 Å². The topological polar surface area (TPSA) is 105 Å². The van der Waals surface area contributed by atoms with E-state index in [4.69, 9.17) is 4.42 Å². The average molecular weight is 505 g/mol. The molecule has 3 amide bonds. The van der Waals surface area contributed by atoms with Crippen LogP contribution in [0.25, 0.3) is 0 Å². The first kappa shape index (κ1) is 20.6. The molecular weight excluding hydrogens is 484 g/mol. The Morgan fingerprint density at radius 3 is 2.45 bits per heavy atom. The maximum absolute atomic E-state index is 13.3. The Kier molecular flexibility index (Phi) is 5.09. The van der Waals surface area contributed by atoms with Gasteiger partial charge in [0, 0.05) is 5.92 Å². The zero-order chi connectivity index (χ0) is 21.9. The molecule has 2 aromatic heterocycles. The maximum Gasteiger partial charge on any atom is 0.234 e. The first-order valence-electron chi connectivity index (χ1n) is 10.3. The van der Waals surface area contributed by atoms with E-state index in [1.54, 1.807) is 12.1 Å². The molecule has 1 saturated heterocycles. The number of imide groups is 1. The lowest BCUT2D eigenvalue weighted by Crippen LogP contribution is -2.38. The third-order valence-electron chi connectivity index (χ3n) is 6.30. The summed E-state index contributed by atoms with van der Waals surface area (Å²) in [7, 11) is 0. The highest BCUT2D eigenvalue weighted by molar-refractivity contribution is 9.10. The van der Waals surface area contributed by atoms with Gasteiger partial charge in [0.2, 0.25) is 22.9 Å². The second-order valence-corrected chi connectivity index (χ2v) is 10.3. The van der Waals surface area contributed by atoms with Crippen LogP contribution in [0, 0.1) is 23.7 Å². The first-order valence-corrected chi connectivity index (χ1v) is 11.9. The van der Waals surface area contributed by atoms with E-state index < -0.39 is 6.04 Å². The Labute approximate surface area is 191 Å². The van der Waals surface area contributed by atoms with Gasteiger partial charge in [-0.25, -0.2) is 0 Å². The summed E-state index contributed by atoms with van der Waals surface area (Å²) < 4.78 is 6.15. The van der Waals surface area contributed by atoms with Crippen molar-refractivity contribution in [2.75, 3.05) is 5.32 Å². The minimum absolute atomic E-state index is 0.102. The number of hydrogen-bond donors (Lipinski definition) is 1. The standard InChI is InChI=1S/C21H21BrN4O4S/c1-9(2)18-24-25-21(31-18)23-15(27)8-12(13-5-6-14(22)30-13)26-19(28)16-10-3-4-11(7-10)17(16)20(26)29/h3-6,9-12,16-17H,7-8H2,1-2H3,(H,23,25,27). The normalized spacial score (nSPS) is 27.4. The number of aromatic nitrogens is 2. The molecule has 2 aliphatic carbocycles. The van der Waals surface area contributed by atoms with Crippen LogP contribution in [0.2, 0.25) is 0 Å². The summed E-state index contributed by atoms with van der Waals surface area (Å²) in [5, 5.41) is 12.1. The molecule has 5 unspecified atom stereocenters. The molecule has 5 atom stereocenters. The monoisotopic (exact) mass is 504 g/mol. The Hall–Kier alpha value is -2.33. The molecule has 2 fully saturated rings. The molecule has 1 N–H and O–H groups in total. The minimum atomic E-state index is -0.811. The molecular formula is C21H21BrN4O4S. The van der Waals surface area contributed by atoms with Crippen molar-refractivity contribution >= 4 is 50.1 Å². The molecule has 1 saturated carbocycles. The Morgan fingerprint density at radius 2 is 1.90 bits per heavy atom. The van der Waals surface area contributed by atoms with Gasteiger partial charge in [0.05, 0.1) is 18.3 Å². The first-order chi connectivity index (χ1) is 14.8. The lowest BCUT2D eigenvalue weighted by atomic mass is 9.85. The SMILES string of the molecule is CC(C)c1nnc(NC(=O)CC(c2ccc(Br)o2)N2C(=O)C3C4C=CC(C4)C3C2=O)s1. The van der Waals surface area contributed by atoms with E-state index in [0.29, 0.717) is 15.6 Å². The van der Waals surface area contributed by atoms with Crippen LogP contribution in [0.4, 0.5) is 5.13 Å². The van der Waals surface area contributed by atoms with Crippen LogP contribution in [0.15, 0.2) is 33.4 Å². The van der Waals surface area contributed by atoms with Crippen molar-refractivity contribution in [2.45, 2.75) is 38.6 Å². The van der Waals surface area contributed by atoms with Gasteiger partial charge in [0.1, 0.15) is 16.8 Å². The summed E-state index contributed by atoms with van der Waals surface area (Å²) in [6, 6.07) is 2.57. The van der Waals surface area contributed by atoms with Crippen LogP contribution in [-0.4, -0.2) is 32.8 Å². The van der Waals surface area contributed by atoms with Crippen LogP contribution in [-0.2, 0) is 14.4 Å². The largest absolute Gasteiger partial charge is 0.452 e. The lowest BCUT2D eigenvalue weighted by Gasteiger charge is -2.25. The predicted octanol–water partition coefficient (Wildman–Crippen LogP) is 3.89. The van der Waals surface area contributed by atoms with Gasteiger partial charge in [-0.15, -0.1) is 10.2 Å². The molecule has 162 valence electrons. The zero-order valence-corrected chi connectivity index (χ0v) is 19.4. The molecule has 10 heteroatoms. The van der Waals surface area contributed by atoms with Crippen molar-refractivity contribution < 1.29 is 18.8 Å². The molecule has 3 aliphatic rings. The van der Waals surface area contributed by atoms with Gasteiger partial charge < -0.3 is 9.73 Å². The fraction of sp³-hybridized carbons (Fsp3) is 0.476. The number of amides is 3. The molecule has 1 aliphatic heterocycles. The van der Waals surface area contributed by atoms with Crippen LogP contribution < -0.4 is 5.32 Å². The number of carbonyl (C=O) groups excluding carboxylic acids is 3. The number of carbonyl (C=O) groups is 3. The number of rotatable bonds is 6. The van der Waals surface area contributed by atoms with Crippen LogP contribution in [0.3, 0.4) is 0 Å². The second-order valence-electron chi connectivity index (χ2n) is 8.56. The summed E-state index contributed by atoms with van der Waals surface area (Å²) in [6.07, 6.45) is 4.84. The number of allylic oxidation sites excluding steroid dienone is 2. The highest BCUT2D eigenvalue weighted by Crippen LogP contribution is 2.54. The molecule has 0 radical (unpaired) electrons. The van der Waals surface area contributed by atoms with Crippen molar-refractivity contribution in [1.29, 1.82) is 0 Å². The highest BCUT2D eigenvalue weighted by atomic mass is 79.9. The van der Waals surface area contributed by atoms with Crippen LogP contribution in [0.1, 0.15) is 49.4 Å². The van der Waals surface area contributed by atoms with Crippen LogP contribution >= 0.6 is 27.3 Å². The van der Waals surface area contributed by atoms with Gasteiger partial charge in [-0.2, -0.15) is 0 Å². The van der Waals surface area contributed by atoms with E-state index >= 15 is 0 Å². The summed E-state index contributed by atoms with van der Waals surface area (Å²) >= 11 is 4.58. The number of hydrogen-bond acceptors (Lipinski definition) is 7. The average Bonchev–Trinajstić information content (AvgIpc) is 3.51. The fourth-order valence-corrected chi connectivity index (χ4v) is 6.00. The van der Waals surface area contributed by atoms with E-state index in [1.165, 1.54) is 16.2 Å². The van der Waals surface area contributed by atoms with Gasteiger partial charge in [-0.3, -0.25) is 19.3 Å². The summed E-state index contributed by atoms with van der Waals surface area (Å²) in [5.74, 6) is -0.640. The molecule has 2 aromatic rings. The third kappa shape index (κ3) is 3.45. The number of anilines is 1.